The van der Waals surface area contributed by atoms with Gasteiger partial charge in [0.1, 0.15) is 5.75 Å². The van der Waals surface area contributed by atoms with E-state index in [1.165, 1.54) is 0 Å². The van der Waals surface area contributed by atoms with Crippen LogP contribution < -0.4 is 20.9 Å². The van der Waals surface area contributed by atoms with Gasteiger partial charge in [0.2, 0.25) is 0 Å². The Balaban J connectivity index is 1.65. The number of hydrogen-bond acceptors (Lipinski definition) is 3. The quantitative estimate of drug-likeness (QED) is 0.521. The minimum Gasteiger partial charge on any atom is -0.483 e. The number of rotatable bonds is 6. The Morgan fingerprint density at radius 2 is 1.73 bits per heavy atom. The summed E-state index contributed by atoms with van der Waals surface area (Å²) in [5, 5.41) is 4.08. The highest BCUT2D eigenvalue weighted by molar-refractivity contribution is 7.80. The number of nitrogens with one attached hydrogen (secondary N) is 3. The standard InChI is InChI=1S/C19H22ClN3O2S/c1-13-4-3-5-14(2)18(13)25-12-17(24)22-23-19(26)21-11-10-15-6-8-16(20)9-7-15/h3-9H,10-12H2,1-2H3,(H,22,24)(H2,21,23,26). The molecule has 0 saturated carbocycles. The summed E-state index contributed by atoms with van der Waals surface area (Å²) in [5.41, 5.74) is 8.31. The van der Waals surface area contributed by atoms with E-state index in [-0.39, 0.29) is 12.5 Å². The largest absolute Gasteiger partial charge is 0.483 e. The monoisotopic (exact) mass is 391 g/mol. The highest BCUT2D eigenvalue weighted by Crippen LogP contribution is 2.21. The third-order valence-corrected chi connectivity index (χ3v) is 4.18. The van der Waals surface area contributed by atoms with Crippen LogP contribution in [0.3, 0.4) is 0 Å². The Bertz CT molecular complexity index is 746. The van der Waals surface area contributed by atoms with Gasteiger partial charge in [-0.1, -0.05) is 41.9 Å². The average molecular weight is 392 g/mol. The van der Waals surface area contributed by atoms with Gasteiger partial charge < -0.3 is 10.1 Å². The van der Waals surface area contributed by atoms with Crippen LogP contribution in [0.25, 0.3) is 0 Å². The summed E-state index contributed by atoms with van der Waals surface area (Å²) in [6.07, 6.45) is 0.794. The van der Waals surface area contributed by atoms with Crippen LogP contribution in [-0.2, 0) is 11.2 Å². The minimum absolute atomic E-state index is 0.0912. The molecule has 0 saturated heterocycles. The molecule has 5 nitrogen and oxygen atoms in total. The summed E-state index contributed by atoms with van der Waals surface area (Å²) in [7, 11) is 0. The molecule has 0 radical (unpaired) electrons. The van der Waals surface area contributed by atoms with E-state index in [0.717, 1.165) is 28.9 Å². The van der Waals surface area contributed by atoms with Gasteiger partial charge in [-0.15, -0.1) is 0 Å². The first-order chi connectivity index (χ1) is 12.5. The van der Waals surface area contributed by atoms with E-state index in [2.05, 4.69) is 16.2 Å². The van der Waals surface area contributed by atoms with E-state index in [1.807, 2.05) is 56.3 Å². The number of ether oxygens (including phenoxy) is 1. The molecule has 0 aliphatic carbocycles. The van der Waals surface area contributed by atoms with Gasteiger partial charge in [-0.3, -0.25) is 15.6 Å². The molecule has 0 aliphatic heterocycles. The van der Waals surface area contributed by atoms with Gasteiger partial charge in [-0.25, -0.2) is 0 Å². The second-order valence-corrected chi connectivity index (χ2v) is 6.66. The first kappa shape index (κ1) is 20.0. The number of carbonyl (C=O) groups excluding carboxylic acids is 1. The maximum Gasteiger partial charge on any atom is 0.276 e. The summed E-state index contributed by atoms with van der Waals surface area (Å²) >= 11 is 11.0. The lowest BCUT2D eigenvalue weighted by atomic mass is 10.1. The molecular formula is C19H22ClN3O2S. The highest BCUT2D eigenvalue weighted by atomic mass is 35.5. The lowest BCUT2D eigenvalue weighted by molar-refractivity contribution is -0.123. The van der Waals surface area contributed by atoms with Crippen molar-refractivity contribution in [3.8, 4) is 5.75 Å². The second kappa shape index (κ2) is 9.99. The van der Waals surface area contributed by atoms with Gasteiger partial charge in [-0.05, 0) is 61.3 Å². The fourth-order valence-electron chi connectivity index (χ4n) is 2.34. The number of amides is 1. The van der Waals surface area contributed by atoms with E-state index in [4.69, 9.17) is 28.6 Å². The highest BCUT2D eigenvalue weighted by Gasteiger charge is 2.07. The molecule has 0 aliphatic rings. The van der Waals surface area contributed by atoms with Crippen molar-refractivity contribution in [3.63, 3.8) is 0 Å². The molecule has 0 bridgehead atoms. The number of para-hydroxylation sites is 1. The third-order valence-electron chi connectivity index (χ3n) is 3.68. The predicted octanol–water partition coefficient (Wildman–Crippen LogP) is 3.07. The zero-order chi connectivity index (χ0) is 18.9. The average Bonchev–Trinajstić information content (AvgIpc) is 2.61. The Hall–Kier alpha value is -2.31. The van der Waals surface area contributed by atoms with Gasteiger partial charge in [0, 0.05) is 11.6 Å². The number of carbonyl (C=O) groups is 1. The minimum atomic E-state index is -0.311. The maximum absolute atomic E-state index is 11.9. The van der Waals surface area contributed by atoms with Crippen molar-refractivity contribution in [2.45, 2.75) is 20.3 Å². The molecule has 0 atom stereocenters. The van der Waals surface area contributed by atoms with Gasteiger partial charge in [-0.2, -0.15) is 0 Å². The Labute approximate surface area is 164 Å². The van der Waals surface area contributed by atoms with Crippen LogP contribution >= 0.6 is 23.8 Å². The zero-order valence-electron chi connectivity index (χ0n) is 14.8. The normalized spacial score (nSPS) is 10.1. The molecule has 1 amide bonds. The van der Waals surface area contributed by atoms with Crippen molar-refractivity contribution in [2.75, 3.05) is 13.2 Å². The number of halogens is 1. The summed E-state index contributed by atoms with van der Waals surface area (Å²) in [6.45, 7) is 4.44. The SMILES string of the molecule is Cc1cccc(C)c1OCC(=O)NNC(=S)NCCc1ccc(Cl)cc1. The molecule has 0 unspecified atom stereocenters. The molecule has 0 heterocycles. The van der Waals surface area contributed by atoms with E-state index in [0.29, 0.717) is 16.7 Å². The van der Waals surface area contributed by atoms with Crippen molar-refractivity contribution in [2.24, 2.45) is 0 Å². The molecule has 0 spiro atoms. The molecule has 0 fully saturated rings. The smallest absolute Gasteiger partial charge is 0.276 e. The first-order valence-electron chi connectivity index (χ1n) is 8.22. The Kier molecular flexibility index (Phi) is 7.69. The van der Waals surface area contributed by atoms with E-state index in [1.54, 1.807) is 0 Å². The number of hydrazine groups is 1. The number of aryl methyl sites for hydroxylation is 2. The molecule has 2 rings (SSSR count). The van der Waals surface area contributed by atoms with E-state index < -0.39 is 0 Å². The van der Waals surface area contributed by atoms with Gasteiger partial charge in [0.05, 0.1) is 0 Å². The lowest BCUT2D eigenvalue weighted by Gasteiger charge is -2.14. The molecule has 2 aromatic rings. The maximum atomic E-state index is 11.9. The van der Waals surface area contributed by atoms with E-state index >= 15 is 0 Å². The first-order valence-corrected chi connectivity index (χ1v) is 9.00. The Morgan fingerprint density at radius 3 is 2.38 bits per heavy atom. The van der Waals surface area contributed by atoms with Crippen LogP contribution in [0.1, 0.15) is 16.7 Å². The van der Waals surface area contributed by atoms with Crippen LogP contribution in [-0.4, -0.2) is 24.2 Å². The topological polar surface area (TPSA) is 62.4 Å². The van der Waals surface area contributed by atoms with Crippen LogP contribution in [0.5, 0.6) is 5.75 Å². The van der Waals surface area contributed by atoms with Gasteiger partial charge in [0.25, 0.3) is 5.91 Å². The molecular weight excluding hydrogens is 370 g/mol. The van der Waals surface area contributed by atoms with E-state index in [9.17, 15) is 4.79 Å². The van der Waals surface area contributed by atoms with Crippen LogP contribution in [0.4, 0.5) is 0 Å². The fourth-order valence-corrected chi connectivity index (χ4v) is 2.62. The molecule has 138 valence electrons. The molecule has 2 aromatic carbocycles. The van der Waals surface area contributed by atoms with Crippen molar-refractivity contribution in [1.29, 1.82) is 0 Å². The Morgan fingerprint density at radius 1 is 1.08 bits per heavy atom. The fraction of sp³-hybridized carbons (Fsp3) is 0.263. The lowest BCUT2D eigenvalue weighted by Crippen LogP contribution is -2.48. The van der Waals surface area contributed by atoms with Crippen molar-refractivity contribution in [1.82, 2.24) is 16.2 Å². The molecule has 26 heavy (non-hydrogen) atoms. The predicted molar refractivity (Wildman–Crippen MR) is 108 cm³/mol. The van der Waals surface area contributed by atoms with Gasteiger partial charge >= 0.3 is 0 Å². The van der Waals surface area contributed by atoms with Crippen molar-refractivity contribution >= 4 is 34.8 Å². The summed E-state index contributed by atoms with van der Waals surface area (Å²) in [4.78, 5) is 11.9. The van der Waals surface area contributed by atoms with Crippen molar-refractivity contribution < 1.29 is 9.53 Å². The molecule has 3 N–H and O–H groups in total. The number of hydrogen-bond donors (Lipinski definition) is 3. The second-order valence-electron chi connectivity index (χ2n) is 5.82. The summed E-state index contributed by atoms with van der Waals surface area (Å²) < 4.78 is 5.58. The number of thiocarbonyl (C=S) groups is 1. The molecule has 7 heteroatoms. The van der Waals surface area contributed by atoms with Gasteiger partial charge in [0.15, 0.2) is 11.7 Å². The van der Waals surface area contributed by atoms with Crippen molar-refractivity contribution in [3.05, 3.63) is 64.2 Å². The van der Waals surface area contributed by atoms with Crippen LogP contribution in [0, 0.1) is 13.8 Å². The van der Waals surface area contributed by atoms with Crippen LogP contribution in [0.15, 0.2) is 42.5 Å². The zero-order valence-corrected chi connectivity index (χ0v) is 16.3. The summed E-state index contributed by atoms with van der Waals surface area (Å²) in [5.74, 6) is 0.417. The number of benzene rings is 2. The summed E-state index contributed by atoms with van der Waals surface area (Å²) in [6, 6.07) is 13.5. The molecule has 0 aromatic heterocycles. The third kappa shape index (κ3) is 6.54. The van der Waals surface area contributed by atoms with Crippen LogP contribution in [0.2, 0.25) is 5.02 Å².